The van der Waals surface area contributed by atoms with E-state index in [9.17, 15) is 22.8 Å². The maximum absolute atomic E-state index is 13.0. The van der Waals surface area contributed by atoms with E-state index >= 15 is 0 Å². The first-order chi connectivity index (χ1) is 16.2. The molecule has 178 valence electrons. The number of amides is 2. The summed E-state index contributed by atoms with van der Waals surface area (Å²) in [4.78, 5) is 37.1. The van der Waals surface area contributed by atoms with Gasteiger partial charge >= 0.3 is 6.18 Å². The third-order valence-corrected chi connectivity index (χ3v) is 6.09. The zero-order valence-corrected chi connectivity index (χ0v) is 18.7. The molecule has 34 heavy (non-hydrogen) atoms. The second kappa shape index (κ2) is 9.32. The number of carbonyl (C=O) groups is 2. The lowest BCUT2D eigenvalue weighted by Gasteiger charge is -2.30. The lowest BCUT2D eigenvalue weighted by atomic mass is 9.85. The number of alkyl halides is 3. The van der Waals surface area contributed by atoms with E-state index in [0.29, 0.717) is 17.5 Å². The van der Waals surface area contributed by atoms with Crippen molar-refractivity contribution in [2.75, 3.05) is 13.6 Å². The minimum absolute atomic E-state index is 0.0747. The van der Waals surface area contributed by atoms with Gasteiger partial charge in [0.25, 0.3) is 5.91 Å². The number of piperidine rings is 1. The van der Waals surface area contributed by atoms with E-state index in [1.54, 1.807) is 11.9 Å². The maximum atomic E-state index is 13.0. The molecule has 2 amide bonds. The number of rotatable bonds is 5. The summed E-state index contributed by atoms with van der Waals surface area (Å²) in [6, 6.07) is 7.99. The van der Waals surface area contributed by atoms with E-state index in [1.165, 1.54) is 12.1 Å². The molecule has 1 aromatic heterocycles. The number of imidazole rings is 1. The molecular weight excluding hydrogens is 445 g/mol. The molecule has 0 bridgehead atoms. The smallest absolute Gasteiger partial charge is 0.345 e. The molecule has 2 heterocycles. The molecule has 2 N–H and O–H groups in total. The summed E-state index contributed by atoms with van der Waals surface area (Å²) < 4.78 is 38.9. The van der Waals surface area contributed by atoms with Gasteiger partial charge in [0.05, 0.1) is 22.5 Å². The Balaban J connectivity index is 1.73. The van der Waals surface area contributed by atoms with E-state index in [1.807, 2.05) is 18.2 Å². The Bertz CT molecular complexity index is 1320. The van der Waals surface area contributed by atoms with Crippen molar-refractivity contribution in [2.24, 2.45) is 4.99 Å². The van der Waals surface area contributed by atoms with Gasteiger partial charge in [-0.1, -0.05) is 12.1 Å². The summed E-state index contributed by atoms with van der Waals surface area (Å²) in [6.45, 7) is 4.51. The zero-order chi connectivity index (χ0) is 24.5. The monoisotopic (exact) mass is 470 g/mol. The fourth-order valence-corrected chi connectivity index (χ4v) is 4.32. The Morgan fingerprint density at radius 1 is 1.24 bits per heavy atom. The van der Waals surface area contributed by atoms with Gasteiger partial charge in [-0.05, 0) is 67.1 Å². The number of halogens is 3. The van der Waals surface area contributed by atoms with Gasteiger partial charge in [-0.2, -0.15) is 18.2 Å². The Morgan fingerprint density at radius 3 is 2.68 bits per heavy atom. The minimum atomic E-state index is -4.55. The van der Waals surface area contributed by atoms with Crippen LogP contribution in [0.25, 0.3) is 11.0 Å². The molecule has 1 atom stereocenters. The van der Waals surface area contributed by atoms with Crippen molar-refractivity contribution >= 4 is 22.8 Å². The molecule has 1 aliphatic heterocycles. The molecule has 1 fully saturated rings. The van der Waals surface area contributed by atoms with E-state index in [4.69, 9.17) is 0 Å². The maximum Gasteiger partial charge on any atom is 0.416 e. The summed E-state index contributed by atoms with van der Waals surface area (Å²) in [7, 11) is 1.80. The summed E-state index contributed by atoms with van der Waals surface area (Å²) in [5.41, 5.74) is 2.34. The van der Waals surface area contributed by atoms with E-state index < -0.39 is 17.6 Å². The fraction of sp³-hybridized carbons (Fsp3) is 0.320. The Kier molecular flexibility index (Phi) is 6.45. The summed E-state index contributed by atoms with van der Waals surface area (Å²) in [6.07, 6.45) is 0.382. The summed E-state index contributed by atoms with van der Waals surface area (Å²) in [5.74, 6) is -0.978. The topological polar surface area (TPSA) is 81.3 Å². The van der Waals surface area contributed by atoms with Crippen LogP contribution in [-0.2, 0) is 17.4 Å². The average molecular weight is 470 g/mol. The molecule has 9 heteroatoms. The van der Waals surface area contributed by atoms with Crippen molar-refractivity contribution in [2.45, 2.75) is 37.8 Å². The second-order valence-electron chi connectivity index (χ2n) is 8.47. The number of hydrogen-bond donors (Lipinski definition) is 2. The molecule has 3 aromatic rings. The Morgan fingerprint density at radius 2 is 1.97 bits per heavy atom. The van der Waals surface area contributed by atoms with Crippen LogP contribution in [0, 0.1) is 0 Å². The third-order valence-electron chi connectivity index (χ3n) is 6.09. The number of aromatic nitrogens is 2. The Hall–Kier alpha value is -3.62. The molecule has 0 saturated carbocycles. The van der Waals surface area contributed by atoms with Gasteiger partial charge in [0.1, 0.15) is 0 Å². The first-order valence-electron chi connectivity index (χ1n) is 11.0. The number of fused-ring (bicyclic) bond motifs is 1. The first kappa shape index (κ1) is 23.5. The number of nitrogens with zero attached hydrogens (tertiary/aromatic N) is 2. The van der Waals surface area contributed by atoms with E-state index in [0.717, 1.165) is 49.1 Å². The normalized spacial score (nSPS) is 17.4. The van der Waals surface area contributed by atoms with Gasteiger partial charge in [0.15, 0.2) is 0 Å². The van der Waals surface area contributed by atoms with Crippen molar-refractivity contribution in [1.82, 2.24) is 14.9 Å². The lowest BCUT2D eigenvalue weighted by Crippen LogP contribution is -2.37. The zero-order valence-electron chi connectivity index (χ0n) is 18.7. The highest BCUT2D eigenvalue weighted by Crippen LogP contribution is 2.33. The van der Waals surface area contributed by atoms with Crippen molar-refractivity contribution in [3.63, 3.8) is 0 Å². The van der Waals surface area contributed by atoms with Crippen LogP contribution in [0.3, 0.4) is 0 Å². The number of nitrogens with one attached hydrogen (secondary N) is 2. The molecule has 0 aliphatic carbocycles. The highest BCUT2D eigenvalue weighted by atomic mass is 19.4. The number of likely N-dealkylation sites (N-methyl/N-ethyl adjacent to an activating group) is 1. The van der Waals surface area contributed by atoms with Gasteiger partial charge in [-0.15, -0.1) is 6.58 Å². The van der Waals surface area contributed by atoms with Crippen LogP contribution in [0.5, 0.6) is 0 Å². The van der Waals surface area contributed by atoms with Crippen LogP contribution in [-0.4, -0.2) is 40.3 Å². The number of allylic oxidation sites excluding steroid dienone is 1. The van der Waals surface area contributed by atoms with E-state index in [-0.39, 0.29) is 23.0 Å². The minimum Gasteiger partial charge on any atom is -0.345 e. The first-order valence-corrected chi connectivity index (χ1v) is 11.0. The highest BCUT2D eigenvalue weighted by Gasteiger charge is 2.31. The molecule has 1 unspecified atom stereocenters. The van der Waals surface area contributed by atoms with Crippen LogP contribution < -0.4 is 5.62 Å². The number of aryl methyl sites for hydroxylation is 1. The van der Waals surface area contributed by atoms with Crippen LogP contribution >= 0.6 is 0 Å². The highest BCUT2D eigenvalue weighted by molar-refractivity contribution is 5.95. The van der Waals surface area contributed by atoms with Gasteiger partial charge < -0.3 is 14.9 Å². The largest absolute Gasteiger partial charge is 0.416 e. The molecule has 1 saturated heterocycles. The SMILES string of the molecule is C=CCCc1cc2[nH]/c(=N\C(=O)c3cccc(C(F)(F)F)c3)[nH]c2cc1C1CCCN(C)C1=O. The predicted molar refractivity (Wildman–Crippen MR) is 122 cm³/mol. The number of benzene rings is 2. The number of hydrogen-bond acceptors (Lipinski definition) is 2. The molecule has 1 aliphatic rings. The number of likely N-dealkylation sites (tertiary alicyclic amines) is 1. The van der Waals surface area contributed by atoms with Crippen LogP contribution in [0.1, 0.15) is 52.2 Å². The summed E-state index contributed by atoms with van der Waals surface area (Å²) >= 11 is 0. The average Bonchev–Trinajstić information content (AvgIpc) is 3.19. The van der Waals surface area contributed by atoms with Gasteiger partial charge in [0, 0.05) is 19.2 Å². The van der Waals surface area contributed by atoms with Crippen LogP contribution in [0.2, 0.25) is 0 Å². The number of H-pyrrole nitrogens is 2. The molecule has 2 aromatic carbocycles. The van der Waals surface area contributed by atoms with Crippen LogP contribution in [0.4, 0.5) is 13.2 Å². The molecular formula is C25H25F3N4O2. The van der Waals surface area contributed by atoms with Crippen molar-refractivity contribution in [1.29, 1.82) is 0 Å². The number of aromatic amines is 2. The van der Waals surface area contributed by atoms with Gasteiger partial charge in [0.2, 0.25) is 11.5 Å². The standard InChI is InChI=1S/C25H25F3N4O2/c1-3-4-7-15-13-20-21(14-19(15)18-10-6-11-32(2)23(18)34)30-24(29-20)31-22(33)16-8-5-9-17(12-16)25(26,27)28/h3,5,8-9,12-14,18H,1,4,6-7,10-11H2,2H3,(H2,29,30,31,33). The lowest BCUT2D eigenvalue weighted by molar-refractivity contribution is -0.137. The van der Waals surface area contributed by atoms with Crippen LogP contribution in [0.15, 0.2) is 54.0 Å². The van der Waals surface area contributed by atoms with E-state index in [2.05, 4.69) is 21.5 Å². The molecule has 4 rings (SSSR count). The number of carbonyl (C=O) groups excluding carboxylic acids is 2. The van der Waals surface area contributed by atoms with Gasteiger partial charge in [-0.25, -0.2) is 0 Å². The fourth-order valence-electron chi connectivity index (χ4n) is 4.32. The second-order valence-corrected chi connectivity index (χ2v) is 8.47. The van der Waals surface area contributed by atoms with Crippen molar-refractivity contribution in [3.8, 4) is 0 Å². The Labute approximate surface area is 194 Å². The predicted octanol–water partition coefficient (Wildman–Crippen LogP) is 4.71. The van der Waals surface area contributed by atoms with Crippen molar-refractivity contribution in [3.05, 3.63) is 76.9 Å². The third kappa shape index (κ3) is 4.83. The van der Waals surface area contributed by atoms with Crippen molar-refractivity contribution < 1.29 is 22.8 Å². The molecule has 0 spiro atoms. The van der Waals surface area contributed by atoms with Gasteiger partial charge in [-0.3, -0.25) is 9.59 Å². The summed E-state index contributed by atoms with van der Waals surface area (Å²) in [5, 5.41) is 0. The molecule has 0 radical (unpaired) electrons. The quantitative estimate of drug-likeness (QED) is 0.530. The molecule has 6 nitrogen and oxygen atoms in total.